The van der Waals surface area contributed by atoms with Crippen LogP contribution in [0.3, 0.4) is 0 Å². The van der Waals surface area contributed by atoms with Crippen molar-refractivity contribution in [2.24, 2.45) is 0 Å². The molecule has 0 aliphatic heterocycles. The van der Waals surface area contributed by atoms with Crippen LogP contribution in [-0.4, -0.2) is 15.0 Å². The smallest absolute Gasteiger partial charge is 0.164 e. The molecule has 49 heavy (non-hydrogen) atoms. The van der Waals surface area contributed by atoms with Gasteiger partial charge in [-0.15, -0.1) is 0 Å². The van der Waals surface area contributed by atoms with E-state index in [4.69, 9.17) is 15.0 Å². The van der Waals surface area contributed by atoms with Crippen molar-refractivity contribution in [3.8, 4) is 56.4 Å². The van der Waals surface area contributed by atoms with Crippen LogP contribution in [0.2, 0.25) is 0 Å². The van der Waals surface area contributed by atoms with Gasteiger partial charge in [-0.1, -0.05) is 182 Å². The largest absolute Gasteiger partial charge is 0.208 e. The van der Waals surface area contributed by atoms with Crippen molar-refractivity contribution >= 4 is 0 Å². The summed E-state index contributed by atoms with van der Waals surface area (Å²) in [6, 6.07) is 66.4. The Bertz CT molecular complexity index is 2320. The van der Waals surface area contributed by atoms with E-state index in [1.165, 1.54) is 33.4 Å². The average Bonchev–Trinajstić information content (AvgIpc) is 3.50. The molecule has 0 amide bonds. The van der Waals surface area contributed by atoms with E-state index in [1.54, 1.807) is 0 Å². The number of nitrogens with zero attached hydrogens (tertiary/aromatic N) is 3. The number of fused-ring (bicyclic) bond motifs is 3. The first kappa shape index (κ1) is 28.7. The van der Waals surface area contributed by atoms with Crippen molar-refractivity contribution in [2.75, 3.05) is 0 Å². The zero-order valence-corrected chi connectivity index (χ0v) is 26.7. The lowest BCUT2D eigenvalue weighted by molar-refractivity contribution is 0.768. The number of hydrogen-bond acceptors (Lipinski definition) is 3. The van der Waals surface area contributed by atoms with Gasteiger partial charge in [0.05, 0.1) is 5.41 Å². The Morgan fingerprint density at radius 2 is 0.694 bits per heavy atom. The molecule has 0 atom stereocenters. The maximum absolute atomic E-state index is 4.96. The van der Waals surface area contributed by atoms with E-state index >= 15 is 0 Å². The highest BCUT2D eigenvalue weighted by Gasteiger charge is 2.45. The number of rotatable bonds is 6. The molecule has 7 aromatic carbocycles. The van der Waals surface area contributed by atoms with Gasteiger partial charge in [0, 0.05) is 16.7 Å². The van der Waals surface area contributed by atoms with E-state index in [0.29, 0.717) is 17.5 Å². The summed E-state index contributed by atoms with van der Waals surface area (Å²) in [5, 5.41) is 0. The summed E-state index contributed by atoms with van der Waals surface area (Å²) in [7, 11) is 0. The Kier molecular flexibility index (Phi) is 7.02. The van der Waals surface area contributed by atoms with Crippen molar-refractivity contribution in [1.82, 2.24) is 15.0 Å². The van der Waals surface area contributed by atoms with Gasteiger partial charge in [0.15, 0.2) is 17.5 Å². The number of benzene rings is 7. The molecule has 1 heterocycles. The van der Waals surface area contributed by atoms with Gasteiger partial charge >= 0.3 is 0 Å². The van der Waals surface area contributed by atoms with Gasteiger partial charge in [-0.25, -0.2) is 15.0 Å². The first-order valence-corrected chi connectivity index (χ1v) is 16.6. The zero-order chi connectivity index (χ0) is 32.6. The molecule has 0 radical (unpaired) electrons. The molecule has 0 N–H and O–H groups in total. The lowest BCUT2D eigenvalue weighted by atomic mass is 9.67. The van der Waals surface area contributed by atoms with E-state index in [1.807, 2.05) is 60.7 Å². The van der Waals surface area contributed by atoms with Crippen LogP contribution < -0.4 is 0 Å². The molecular weight excluding hydrogens is 595 g/mol. The Morgan fingerprint density at radius 1 is 0.286 bits per heavy atom. The standard InChI is InChI=1S/C46H31N3/c1-4-15-33(16-5-1)43-47-44(34-17-6-2-7-18-34)49-45(48-43)36-20-14-19-35(31-36)32-27-29-38(30-28-32)46(37-21-8-3-9-22-37)41-25-12-10-23-39(41)40-24-11-13-26-42(40)46/h1-31H. The fraction of sp³-hybridized carbons (Fsp3) is 0.0217. The third kappa shape index (κ3) is 4.87. The number of aromatic nitrogens is 3. The lowest BCUT2D eigenvalue weighted by Crippen LogP contribution is -2.28. The molecule has 0 spiro atoms. The molecule has 230 valence electrons. The summed E-state index contributed by atoms with van der Waals surface area (Å²) < 4.78 is 0. The van der Waals surface area contributed by atoms with Crippen LogP contribution >= 0.6 is 0 Å². The predicted molar refractivity (Wildman–Crippen MR) is 199 cm³/mol. The van der Waals surface area contributed by atoms with Crippen LogP contribution in [0.4, 0.5) is 0 Å². The van der Waals surface area contributed by atoms with E-state index < -0.39 is 5.41 Å². The van der Waals surface area contributed by atoms with Gasteiger partial charge in [0.25, 0.3) is 0 Å². The molecule has 3 nitrogen and oxygen atoms in total. The van der Waals surface area contributed by atoms with Crippen molar-refractivity contribution in [3.05, 3.63) is 210 Å². The Labute approximate surface area is 286 Å². The third-order valence-corrected chi connectivity index (χ3v) is 9.63. The van der Waals surface area contributed by atoms with Crippen LogP contribution in [-0.2, 0) is 5.41 Å². The normalized spacial score (nSPS) is 12.7. The van der Waals surface area contributed by atoms with Crippen molar-refractivity contribution in [1.29, 1.82) is 0 Å². The average molecular weight is 626 g/mol. The maximum Gasteiger partial charge on any atom is 0.164 e. The molecule has 1 aromatic heterocycles. The van der Waals surface area contributed by atoms with E-state index in [0.717, 1.165) is 27.8 Å². The summed E-state index contributed by atoms with van der Waals surface area (Å²) in [5.41, 5.74) is 12.4. The van der Waals surface area contributed by atoms with E-state index in [-0.39, 0.29) is 0 Å². The second-order valence-electron chi connectivity index (χ2n) is 12.4. The minimum Gasteiger partial charge on any atom is -0.208 e. The van der Waals surface area contributed by atoms with Crippen LogP contribution in [0.1, 0.15) is 22.3 Å². The third-order valence-electron chi connectivity index (χ3n) is 9.63. The van der Waals surface area contributed by atoms with Crippen molar-refractivity contribution in [2.45, 2.75) is 5.41 Å². The Balaban J connectivity index is 1.15. The van der Waals surface area contributed by atoms with Gasteiger partial charge in [-0.3, -0.25) is 0 Å². The van der Waals surface area contributed by atoms with Crippen LogP contribution in [0.15, 0.2) is 188 Å². The Morgan fingerprint density at radius 3 is 1.24 bits per heavy atom. The molecule has 3 heteroatoms. The first-order valence-electron chi connectivity index (χ1n) is 16.6. The summed E-state index contributed by atoms with van der Waals surface area (Å²) in [4.78, 5) is 14.8. The SMILES string of the molecule is c1ccc(-c2nc(-c3ccccc3)nc(-c3cccc(-c4ccc(C5(c6ccccc6)c6ccccc6-c6ccccc65)cc4)c3)n2)cc1. The van der Waals surface area contributed by atoms with E-state index in [9.17, 15) is 0 Å². The Hall–Kier alpha value is -6.45. The van der Waals surface area contributed by atoms with Gasteiger partial charge in [-0.05, 0) is 50.6 Å². The molecule has 1 aliphatic rings. The van der Waals surface area contributed by atoms with Crippen molar-refractivity contribution < 1.29 is 0 Å². The minimum atomic E-state index is -0.415. The molecule has 1 aliphatic carbocycles. The van der Waals surface area contributed by atoms with Gasteiger partial charge in [-0.2, -0.15) is 0 Å². The van der Waals surface area contributed by atoms with E-state index in [2.05, 4.69) is 127 Å². The van der Waals surface area contributed by atoms with Crippen LogP contribution in [0, 0.1) is 0 Å². The van der Waals surface area contributed by atoms with Gasteiger partial charge < -0.3 is 0 Å². The summed E-state index contributed by atoms with van der Waals surface area (Å²) >= 11 is 0. The highest BCUT2D eigenvalue weighted by Crippen LogP contribution is 2.56. The summed E-state index contributed by atoms with van der Waals surface area (Å²) in [6.45, 7) is 0. The van der Waals surface area contributed by atoms with Crippen LogP contribution in [0.5, 0.6) is 0 Å². The molecular formula is C46H31N3. The molecule has 0 bridgehead atoms. The first-order chi connectivity index (χ1) is 24.3. The molecule has 9 rings (SSSR count). The zero-order valence-electron chi connectivity index (χ0n) is 26.7. The maximum atomic E-state index is 4.96. The van der Waals surface area contributed by atoms with Gasteiger partial charge in [0.2, 0.25) is 0 Å². The fourth-order valence-corrected chi connectivity index (χ4v) is 7.40. The summed E-state index contributed by atoms with van der Waals surface area (Å²) in [6.07, 6.45) is 0. The van der Waals surface area contributed by atoms with Crippen molar-refractivity contribution in [3.63, 3.8) is 0 Å². The minimum absolute atomic E-state index is 0.415. The van der Waals surface area contributed by atoms with Crippen LogP contribution in [0.25, 0.3) is 56.4 Å². The molecule has 0 unspecified atom stereocenters. The second-order valence-corrected chi connectivity index (χ2v) is 12.4. The highest BCUT2D eigenvalue weighted by atomic mass is 15.0. The lowest BCUT2D eigenvalue weighted by Gasteiger charge is -2.34. The quantitative estimate of drug-likeness (QED) is 0.185. The van der Waals surface area contributed by atoms with Gasteiger partial charge in [0.1, 0.15) is 0 Å². The molecule has 8 aromatic rings. The highest BCUT2D eigenvalue weighted by molar-refractivity contribution is 5.86. The molecule has 0 saturated carbocycles. The topological polar surface area (TPSA) is 38.7 Å². The second kappa shape index (κ2) is 12.0. The summed E-state index contributed by atoms with van der Waals surface area (Å²) in [5.74, 6) is 1.96. The fourth-order valence-electron chi connectivity index (χ4n) is 7.40. The monoisotopic (exact) mass is 625 g/mol. The molecule has 0 saturated heterocycles. The molecule has 0 fully saturated rings. The number of hydrogen-bond donors (Lipinski definition) is 0. The predicted octanol–water partition coefficient (Wildman–Crippen LogP) is 10.9.